The molecule has 0 aliphatic heterocycles. The molecule has 0 amide bonds. The molecule has 0 fully saturated rings. The number of aromatic nitrogens is 2. The van der Waals surface area contributed by atoms with Crippen molar-refractivity contribution in [1.82, 2.24) is 9.97 Å². The van der Waals surface area contributed by atoms with Gasteiger partial charge in [-0.2, -0.15) is 4.98 Å². The molecule has 88 valence electrons. The van der Waals surface area contributed by atoms with Crippen LogP contribution in [0.1, 0.15) is 17.1 Å². The van der Waals surface area contributed by atoms with Crippen LogP contribution in [-0.2, 0) is 13.2 Å². The molecule has 2 N–H and O–H groups in total. The Morgan fingerprint density at radius 2 is 1.94 bits per heavy atom. The average Bonchev–Trinajstić information content (AvgIpc) is 2.37. The van der Waals surface area contributed by atoms with Crippen LogP contribution in [0.5, 0.6) is 5.88 Å². The van der Waals surface area contributed by atoms with Gasteiger partial charge in [0.25, 0.3) is 0 Å². The van der Waals surface area contributed by atoms with E-state index in [1.54, 1.807) is 6.07 Å². The highest BCUT2D eigenvalue weighted by molar-refractivity contribution is 5.18. The summed E-state index contributed by atoms with van der Waals surface area (Å²) >= 11 is 0. The number of nitrogens with zero attached hydrogens (tertiary/aromatic N) is 2. The standard InChI is InChI=1S/C13H15N3O/c1-10-15-12(8-14)7-13(16-10)17-9-11-5-3-2-4-6-11/h2-7H,8-9,14H2,1H3. The molecule has 0 saturated heterocycles. The maximum Gasteiger partial charge on any atom is 0.217 e. The van der Waals surface area contributed by atoms with E-state index in [2.05, 4.69) is 9.97 Å². The van der Waals surface area contributed by atoms with Crippen molar-refractivity contribution in [2.75, 3.05) is 0 Å². The highest BCUT2D eigenvalue weighted by Crippen LogP contribution is 2.11. The largest absolute Gasteiger partial charge is 0.473 e. The van der Waals surface area contributed by atoms with E-state index in [1.807, 2.05) is 37.3 Å². The van der Waals surface area contributed by atoms with Crippen molar-refractivity contribution in [3.05, 3.63) is 53.5 Å². The Kier molecular flexibility index (Phi) is 3.67. The lowest BCUT2D eigenvalue weighted by molar-refractivity contribution is 0.292. The smallest absolute Gasteiger partial charge is 0.217 e. The number of rotatable bonds is 4. The number of benzene rings is 1. The second-order valence-corrected chi connectivity index (χ2v) is 3.72. The Bertz CT molecular complexity index is 485. The van der Waals surface area contributed by atoms with E-state index in [9.17, 15) is 0 Å². The minimum Gasteiger partial charge on any atom is -0.473 e. The van der Waals surface area contributed by atoms with Crippen LogP contribution in [0.3, 0.4) is 0 Å². The van der Waals surface area contributed by atoms with E-state index in [4.69, 9.17) is 10.5 Å². The molecule has 0 spiro atoms. The minimum absolute atomic E-state index is 0.394. The topological polar surface area (TPSA) is 61.0 Å². The molecule has 0 aliphatic carbocycles. The van der Waals surface area contributed by atoms with E-state index >= 15 is 0 Å². The fourth-order valence-electron chi connectivity index (χ4n) is 1.51. The SMILES string of the molecule is Cc1nc(CN)cc(OCc2ccccc2)n1. The quantitative estimate of drug-likeness (QED) is 0.868. The predicted molar refractivity (Wildman–Crippen MR) is 65.4 cm³/mol. The van der Waals surface area contributed by atoms with E-state index < -0.39 is 0 Å². The van der Waals surface area contributed by atoms with Crippen LogP contribution < -0.4 is 10.5 Å². The molecule has 0 bridgehead atoms. The molecule has 0 saturated carbocycles. The van der Waals surface area contributed by atoms with Crippen molar-refractivity contribution in [2.45, 2.75) is 20.1 Å². The first-order valence-electron chi connectivity index (χ1n) is 5.49. The van der Waals surface area contributed by atoms with Gasteiger partial charge < -0.3 is 10.5 Å². The summed E-state index contributed by atoms with van der Waals surface area (Å²) in [7, 11) is 0. The van der Waals surface area contributed by atoms with Crippen molar-refractivity contribution in [2.24, 2.45) is 5.73 Å². The van der Waals surface area contributed by atoms with Crippen LogP contribution in [0.4, 0.5) is 0 Å². The zero-order valence-electron chi connectivity index (χ0n) is 9.76. The van der Waals surface area contributed by atoms with Crippen LogP contribution in [0.15, 0.2) is 36.4 Å². The van der Waals surface area contributed by atoms with Crippen LogP contribution >= 0.6 is 0 Å². The molecule has 1 aromatic heterocycles. The van der Waals surface area contributed by atoms with Crippen LogP contribution in [0.25, 0.3) is 0 Å². The van der Waals surface area contributed by atoms with Gasteiger partial charge in [0, 0.05) is 12.6 Å². The summed E-state index contributed by atoms with van der Waals surface area (Å²) in [5.41, 5.74) is 7.45. The van der Waals surface area contributed by atoms with Gasteiger partial charge in [-0.25, -0.2) is 4.98 Å². The molecule has 4 heteroatoms. The number of hydrogen-bond acceptors (Lipinski definition) is 4. The molecular weight excluding hydrogens is 214 g/mol. The summed E-state index contributed by atoms with van der Waals surface area (Å²) in [6, 6.07) is 11.7. The number of ether oxygens (including phenoxy) is 1. The first kappa shape index (κ1) is 11.5. The lowest BCUT2D eigenvalue weighted by atomic mass is 10.2. The fraction of sp³-hybridized carbons (Fsp3) is 0.231. The zero-order chi connectivity index (χ0) is 12.1. The second-order valence-electron chi connectivity index (χ2n) is 3.72. The maximum absolute atomic E-state index is 5.61. The lowest BCUT2D eigenvalue weighted by Gasteiger charge is -2.07. The zero-order valence-corrected chi connectivity index (χ0v) is 9.76. The first-order chi connectivity index (χ1) is 8.28. The molecule has 2 rings (SSSR count). The van der Waals surface area contributed by atoms with Gasteiger partial charge in [0.2, 0.25) is 5.88 Å². The number of hydrogen-bond donors (Lipinski definition) is 1. The maximum atomic E-state index is 5.61. The Labute approximate surface area is 100 Å². The molecule has 0 radical (unpaired) electrons. The minimum atomic E-state index is 0.394. The van der Waals surface area contributed by atoms with E-state index in [0.717, 1.165) is 11.3 Å². The fourth-order valence-corrected chi connectivity index (χ4v) is 1.51. The van der Waals surface area contributed by atoms with Gasteiger partial charge in [0.1, 0.15) is 12.4 Å². The molecular formula is C13H15N3O. The Morgan fingerprint density at radius 1 is 1.18 bits per heavy atom. The van der Waals surface area contributed by atoms with Crippen molar-refractivity contribution in [3.63, 3.8) is 0 Å². The molecule has 0 atom stereocenters. The number of nitrogens with two attached hydrogens (primary N) is 1. The highest BCUT2D eigenvalue weighted by atomic mass is 16.5. The Hall–Kier alpha value is -1.94. The van der Waals surface area contributed by atoms with Crippen molar-refractivity contribution < 1.29 is 4.74 Å². The van der Waals surface area contributed by atoms with Crippen molar-refractivity contribution >= 4 is 0 Å². The summed E-state index contributed by atoms with van der Waals surface area (Å²) in [4.78, 5) is 8.40. The normalized spacial score (nSPS) is 10.2. The molecule has 1 heterocycles. The third-order valence-corrected chi connectivity index (χ3v) is 2.31. The summed E-state index contributed by atoms with van der Waals surface area (Å²) in [5.74, 6) is 1.25. The molecule has 0 unspecified atom stereocenters. The molecule has 4 nitrogen and oxygen atoms in total. The monoisotopic (exact) mass is 229 g/mol. The third-order valence-electron chi connectivity index (χ3n) is 2.31. The van der Waals surface area contributed by atoms with Gasteiger partial charge in [0.05, 0.1) is 5.69 Å². The van der Waals surface area contributed by atoms with Gasteiger partial charge in [-0.3, -0.25) is 0 Å². The summed E-state index contributed by atoms with van der Waals surface area (Å²) < 4.78 is 5.61. The van der Waals surface area contributed by atoms with E-state index in [0.29, 0.717) is 24.9 Å². The van der Waals surface area contributed by atoms with E-state index in [-0.39, 0.29) is 0 Å². The number of aryl methyl sites for hydroxylation is 1. The van der Waals surface area contributed by atoms with Crippen molar-refractivity contribution in [1.29, 1.82) is 0 Å². The molecule has 1 aromatic carbocycles. The van der Waals surface area contributed by atoms with Crippen molar-refractivity contribution in [3.8, 4) is 5.88 Å². The third kappa shape index (κ3) is 3.26. The molecule has 2 aromatic rings. The van der Waals surface area contributed by atoms with Crippen LogP contribution in [0, 0.1) is 6.92 Å². The second kappa shape index (κ2) is 5.41. The van der Waals surface area contributed by atoms with E-state index in [1.165, 1.54) is 0 Å². The van der Waals surface area contributed by atoms with Crippen LogP contribution in [0.2, 0.25) is 0 Å². The average molecular weight is 229 g/mol. The predicted octanol–water partition coefficient (Wildman–Crippen LogP) is 1.82. The summed E-state index contributed by atoms with van der Waals surface area (Å²) in [6.07, 6.45) is 0. The summed E-state index contributed by atoms with van der Waals surface area (Å²) in [5, 5.41) is 0. The van der Waals surface area contributed by atoms with Gasteiger partial charge in [-0.05, 0) is 12.5 Å². The van der Waals surface area contributed by atoms with Gasteiger partial charge in [0.15, 0.2) is 0 Å². The molecule has 17 heavy (non-hydrogen) atoms. The van der Waals surface area contributed by atoms with Crippen LogP contribution in [-0.4, -0.2) is 9.97 Å². The van der Waals surface area contributed by atoms with Gasteiger partial charge in [-0.1, -0.05) is 30.3 Å². The lowest BCUT2D eigenvalue weighted by Crippen LogP contribution is -2.05. The highest BCUT2D eigenvalue weighted by Gasteiger charge is 2.02. The summed E-state index contributed by atoms with van der Waals surface area (Å²) in [6.45, 7) is 2.72. The van der Waals surface area contributed by atoms with Gasteiger partial charge in [-0.15, -0.1) is 0 Å². The Morgan fingerprint density at radius 3 is 2.65 bits per heavy atom. The van der Waals surface area contributed by atoms with Gasteiger partial charge >= 0.3 is 0 Å². The molecule has 0 aliphatic rings. The first-order valence-corrected chi connectivity index (χ1v) is 5.49. The Balaban J connectivity index is 2.06.